The Hall–Kier alpha value is -3.43. The van der Waals surface area contributed by atoms with Crippen LogP contribution in [0.4, 0.5) is 27.6 Å². The van der Waals surface area contributed by atoms with Gasteiger partial charge in [0.2, 0.25) is 5.82 Å². The van der Waals surface area contributed by atoms with Gasteiger partial charge < -0.3 is 15.0 Å². The summed E-state index contributed by atoms with van der Waals surface area (Å²) in [6.07, 6.45) is 0.0210. The highest BCUT2D eigenvalue weighted by Gasteiger charge is 2.31. The van der Waals surface area contributed by atoms with Crippen LogP contribution in [-0.2, 0) is 11.3 Å². The van der Waals surface area contributed by atoms with Gasteiger partial charge in [-0.1, -0.05) is 12.1 Å². The lowest BCUT2D eigenvalue weighted by Gasteiger charge is -2.19. The molecule has 0 saturated heterocycles. The second kappa shape index (κ2) is 6.32. The number of nitrogens with one attached hydrogen (secondary N) is 1. The molecule has 2 aromatic carbocycles. The van der Waals surface area contributed by atoms with Gasteiger partial charge in [-0.25, -0.2) is 26.9 Å². The fourth-order valence-corrected chi connectivity index (χ4v) is 3.09. The smallest absolute Gasteiger partial charge is 0.263 e. The van der Waals surface area contributed by atoms with Crippen LogP contribution in [0, 0.1) is 29.1 Å². The minimum Gasteiger partial charge on any atom is -0.511 e. The summed E-state index contributed by atoms with van der Waals surface area (Å²) in [4.78, 5) is 16.8. The number of fused-ring (bicyclic) bond motifs is 3. The van der Waals surface area contributed by atoms with Crippen molar-refractivity contribution >= 4 is 28.2 Å². The van der Waals surface area contributed by atoms with Gasteiger partial charge in [0.15, 0.2) is 23.3 Å². The molecule has 0 saturated carbocycles. The third kappa shape index (κ3) is 2.52. The van der Waals surface area contributed by atoms with Gasteiger partial charge in [-0.15, -0.1) is 0 Å². The van der Waals surface area contributed by atoms with Crippen LogP contribution in [0.3, 0.4) is 0 Å². The molecule has 144 valence electrons. The van der Waals surface area contributed by atoms with Crippen molar-refractivity contribution in [1.82, 2.24) is 9.55 Å². The number of carbonyl (C=O) groups excluding carboxylic acids is 1. The number of amides is 1. The van der Waals surface area contributed by atoms with Crippen LogP contribution >= 0.6 is 0 Å². The highest BCUT2D eigenvalue weighted by Crippen LogP contribution is 2.32. The number of halogens is 5. The number of benzene rings is 2. The largest absolute Gasteiger partial charge is 0.511 e. The second-order valence-electron chi connectivity index (χ2n) is 6.05. The number of aromatic nitrogens is 2. The standard InChI is InChI=1S/C18H10F5N3O2/c19-11-12(20)14(22)16(15(23)13(11)21)25-18(28)10-9(27)5-6-26-8-4-2-1-3-7(8)24-17(10)26/h1-4,27H,5-6H2,(H,25,28). The Morgan fingerprint density at radius 3 is 2.29 bits per heavy atom. The summed E-state index contributed by atoms with van der Waals surface area (Å²) in [7, 11) is 0. The van der Waals surface area contributed by atoms with Crippen LogP contribution in [0.5, 0.6) is 0 Å². The zero-order valence-corrected chi connectivity index (χ0v) is 13.9. The van der Waals surface area contributed by atoms with Gasteiger partial charge in [0.25, 0.3) is 5.91 Å². The van der Waals surface area contributed by atoms with E-state index in [4.69, 9.17) is 0 Å². The molecule has 0 spiro atoms. The van der Waals surface area contributed by atoms with Gasteiger partial charge in [-0.2, -0.15) is 0 Å². The second-order valence-corrected chi connectivity index (χ2v) is 6.05. The number of nitrogens with zero attached hydrogens (tertiary/aromatic N) is 2. The van der Waals surface area contributed by atoms with Crippen molar-refractivity contribution in [2.24, 2.45) is 0 Å². The van der Waals surface area contributed by atoms with E-state index in [0.717, 1.165) is 0 Å². The molecule has 0 radical (unpaired) electrons. The number of aliphatic hydroxyl groups is 1. The van der Waals surface area contributed by atoms with Crippen molar-refractivity contribution in [2.45, 2.75) is 13.0 Å². The monoisotopic (exact) mass is 395 g/mol. The molecule has 0 fully saturated rings. The van der Waals surface area contributed by atoms with Crippen molar-refractivity contribution in [3.05, 3.63) is 64.9 Å². The molecule has 1 aliphatic heterocycles. The van der Waals surface area contributed by atoms with Gasteiger partial charge in [0.1, 0.15) is 22.8 Å². The average molecular weight is 395 g/mol. The van der Waals surface area contributed by atoms with Gasteiger partial charge >= 0.3 is 0 Å². The lowest BCUT2D eigenvalue weighted by atomic mass is 10.1. The van der Waals surface area contributed by atoms with Crippen LogP contribution < -0.4 is 5.32 Å². The van der Waals surface area contributed by atoms with E-state index in [2.05, 4.69) is 4.98 Å². The first-order chi connectivity index (χ1) is 13.3. The minimum atomic E-state index is -2.34. The predicted molar refractivity (Wildman–Crippen MR) is 88.8 cm³/mol. The number of carbonyl (C=O) groups is 1. The molecular weight excluding hydrogens is 385 g/mol. The molecule has 0 unspecified atom stereocenters. The maximum absolute atomic E-state index is 13.9. The quantitative estimate of drug-likeness (QED) is 0.391. The number of hydrogen-bond donors (Lipinski definition) is 2. The number of para-hydroxylation sites is 2. The fraction of sp³-hybridized carbons (Fsp3) is 0.111. The number of rotatable bonds is 2. The van der Waals surface area contributed by atoms with Crippen LogP contribution in [0.15, 0.2) is 30.0 Å². The lowest BCUT2D eigenvalue weighted by Crippen LogP contribution is -2.23. The zero-order chi connectivity index (χ0) is 20.2. The van der Waals surface area contributed by atoms with Crippen LogP contribution in [0.1, 0.15) is 12.2 Å². The summed E-state index contributed by atoms with van der Waals surface area (Å²) >= 11 is 0. The Bertz CT molecular complexity index is 1160. The molecule has 3 aromatic rings. The molecule has 28 heavy (non-hydrogen) atoms. The normalized spacial score (nSPS) is 13.8. The Morgan fingerprint density at radius 1 is 1.00 bits per heavy atom. The minimum absolute atomic E-state index is 0.0197. The van der Waals surface area contributed by atoms with Crippen molar-refractivity contribution < 1.29 is 31.9 Å². The van der Waals surface area contributed by atoms with E-state index >= 15 is 0 Å². The summed E-state index contributed by atoms with van der Waals surface area (Å²) in [6, 6.07) is 6.84. The van der Waals surface area contributed by atoms with Gasteiger partial charge in [0.05, 0.1) is 11.0 Å². The molecule has 2 N–H and O–H groups in total. The van der Waals surface area contributed by atoms with Gasteiger partial charge in [0, 0.05) is 13.0 Å². The maximum Gasteiger partial charge on any atom is 0.263 e. The average Bonchev–Trinajstić information content (AvgIpc) is 3.06. The van der Waals surface area contributed by atoms with Crippen LogP contribution in [-0.4, -0.2) is 20.6 Å². The number of hydrogen-bond acceptors (Lipinski definition) is 3. The Morgan fingerprint density at radius 2 is 1.61 bits per heavy atom. The van der Waals surface area contributed by atoms with Crippen LogP contribution in [0.25, 0.3) is 16.6 Å². The van der Waals surface area contributed by atoms with Crippen molar-refractivity contribution in [3.8, 4) is 0 Å². The highest BCUT2D eigenvalue weighted by atomic mass is 19.2. The summed E-state index contributed by atoms with van der Waals surface area (Å²) in [5, 5.41) is 11.8. The summed E-state index contributed by atoms with van der Waals surface area (Å²) in [6.45, 7) is 0.293. The van der Waals surface area contributed by atoms with E-state index in [-0.39, 0.29) is 12.2 Å². The zero-order valence-electron chi connectivity index (χ0n) is 13.9. The maximum atomic E-state index is 13.9. The van der Waals surface area contributed by atoms with Gasteiger partial charge in [-0.3, -0.25) is 4.79 Å². The Labute approximate surface area is 153 Å². The molecule has 5 nitrogen and oxygen atoms in total. The summed E-state index contributed by atoms with van der Waals surface area (Å²) < 4.78 is 69.2. The summed E-state index contributed by atoms with van der Waals surface area (Å²) in [5.74, 6) is -12.7. The molecule has 4 rings (SSSR count). The number of aliphatic hydroxyl groups excluding tert-OH is 1. The lowest BCUT2D eigenvalue weighted by molar-refractivity contribution is -0.111. The molecule has 0 atom stereocenters. The Balaban J connectivity index is 1.80. The first-order valence-electron chi connectivity index (χ1n) is 8.01. The van der Waals surface area contributed by atoms with Crippen LogP contribution in [0.2, 0.25) is 0 Å². The predicted octanol–water partition coefficient (Wildman–Crippen LogP) is 4.04. The molecule has 1 amide bonds. The SMILES string of the molecule is O=C(Nc1c(F)c(F)c(F)c(F)c1F)C1=C(O)CCn2c1nc1ccccc12. The number of anilines is 1. The number of allylic oxidation sites excluding steroid dienone is 1. The van der Waals surface area contributed by atoms with Crippen molar-refractivity contribution in [3.63, 3.8) is 0 Å². The first-order valence-corrected chi connectivity index (χ1v) is 8.01. The third-order valence-electron chi connectivity index (χ3n) is 4.41. The van der Waals surface area contributed by atoms with E-state index < -0.39 is 52.0 Å². The van der Waals surface area contributed by atoms with Crippen molar-refractivity contribution in [2.75, 3.05) is 5.32 Å². The molecule has 2 heterocycles. The molecule has 0 aliphatic carbocycles. The molecular formula is C18H10F5N3O2. The van der Waals surface area contributed by atoms with E-state index in [1.807, 2.05) is 0 Å². The third-order valence-corrected chi connectivity index (χ3v) is 4.41. The van der Waals surface area contributed by atoms with Crippen molar-refractivity contribution in [1.29, 1.82) is 0 Å². The first kappa shape index (κ1) is 18.0. The molecule has 1 aromatic heterocycles. The van der Waals surface area contributed by atoms with E-state index in [1.165, 1.54) is 0 Å². The molecule has 1 aliphatic rings. The number of aryl methyl sites for hydroxylation is 1. The van der Waals surface area contributed by atoms with E-state index in [9.17, 15) is 31.9 Å². The van der Waals surface area contributed by atoms with E-state index in [0.29, 0.717) is 17.6 Å². The van der Waals surface area contributed by atoms with E-state index in [1.54, 1.807) is 34.1 Å². The molecule has 10 heteroatoms. The highest BCUT2D eigenvalue weighted by molar-refractivity contribution is 6.25. The Kier molecular flexibility index (Phi) is 4.06. The number of imidazole rings is 1. The molecule has 0 bridgehead atoms. The van der Waals surface area contributed by atoms with Gasteiger partial charge in [-0.05, 0) is 12.1 Å². The summed E-state index contributed by atoms with van der Waals surface area (Å²) in [5.41, 5.74) is -0.749. The topological polar surface area (TPSA) is 67.2 Å². The fourth-order valence-electron chi connectivity index (χ4n) is 3.09.